The second kappa shape index (κ2) is 5.32. The van der Waals surface area contributed by atoms with E-state index in [-0.39, 0.29) is 5.56 Å². The molecule has 0 aliphatic heterocycles. The van der Waals surface area contributed by atoms with Crippen molar-refractivity contribution in [3.8, 4) is 0 Å². The van der Waals surface area contributed by atoms with Crippen LogP contribution in [-0.4, -0.2) is 9.36 Å². The third kappa shape index (κ3) is 2.36. The summed E-state index contributed by atoms with van der Waals surface area (Å²) < 4.78 is 3.68. The Kier molecular flexibility index (Phi) is 3.36. The molecule has 0 amide bonds. The first-order chi connectivity index (χ1) is 10.2. The zero-order valence-electron chi connectivity index (χ0n) is 11.7. The first kappa shape index (κ1) is 13.2. The number of anilines is 1. The molecule has 1 aromatic heterocycles. The van der Waals surface area contributed by atoms with Crippen molar-refractivity contribution in [2.75, 3.05) is 5.73 Å². The molecular formula is C17H17N3O. The van der Waals surface area contributed by atoms with Crippen molar-refractivity contribution in [1.82, 2.24) is 9.36 Å². The minimum Gasteiger partial charge on any atom is -0.399 e. The van der Waals surface area contributed by atoms with Crippen molar-refractivity contribution in [1.29, 1.82) is 0 Å². The molecule has 1 heterocycles. The molecule has 4 heteroatoms. The van der Waals surface area contributed by atoms with Gasteiger partial charge < -0.3 is 5.73 Å². The van der Waals surface area contributed by atoms with Crippen molar-refractivity contribution < 1.29 is 0 Å². The number of aromatic nitrogens is 2. The van der Waals surface area contributed by atoms with E-state index in [0.29, 0.717) is 24.2 Å². The first-order valence-electron chi connectivity index (χ1n) is 6.84. The van der Waals surface area contributed by atoms with Crippen LogP contribution < -0.4 is 11.3 Å². The van der Waals surface area contributed by atoms with Crippen LogP contribution in [0.1, 0.15) is 5.56 Å². The fourth-order valence-electron chi connectivity index (χ4n) is 2.56. The molecule has 3 rings (SSSR count). The van der Waals surface area contributed by atoms with Crippen LogP contribution in [0.15, 0.2) is 66.0 Å². The third-order valence-corrected chi connectivity index (χ3v) is 3.53. The molecule has 0 unspecified atom stereocenters. The molecule has 0 saturated carbocycles. The molecule has 0 spiro atoms. The van der Waals surface area contributed by atoms with Crippen molar-refractivity contribution in [2.24, 2.45) is 0 Å². The van der Waals surface area contributed by atoms with E-state index in [1.165, 1.54) is 0 Å². The van der Waals surface area contributed by atoms with E-state index in [1.54, 1.807) is 16.8 Å². The lowest BCUT2D eigenvalue weighted by Crippen LogP contribution is -2.23. The molecule has 0 aliphatic carbocycles. The first-order valence-corrected chi connectivity index (χ1v) is 6.84. The smallest absolute Gasteiger partial charge is 0.274 e. The van der Waals surface area contributed by atoms with Gasteiger partial charge in [-0.05, 0) is 23.8 Å². The molecule has 0 aliphatic rings. The Balaban J connectivity index is 2.20. The number of hydrogen-bond acceptors (Lipinski definition) is 2. The number of benzene rings is 2. The topological polar surface area (TPSA) is 52.9 Å². The Morgan fingerprint density at radius 1 is 1.10 bits per heavy atom. The van der Waals surface area contributed by atoms with Crippen LogP contribution in [-0.2, 0) is 13.1 Å². The molecule has 0 atom stereocenters. The number of rotatable bonds is 4. The van der Waals surface area contributed by atoms with E-state index in [0.717, 1.165) is 11.1 Å². The highest BCUT2D eigenvalue weighted by Gasteiger charge is 2.12. The molecule has 2 N–H and O–H groups in total. The van der Waals surface area contributed by atoms with Gasteiger partial charge in [0.05, 0.1) is 24.0 Å². The summed E-state index contributed by atoms with van der Waals surface area (Å²) in [5.74, 6) is 0. The summed E-state index contributed by atoms with van der Waals surface area (Å²) in [5, 5.41) is 0.646. The van der Waals surface area contributed by atoms with Crippen LogP contribution in [0.5, 0.6) is 0 Å². The van der Waals surface area contributed by atoms with E-state index in [4.69, 9.17) is 5.73 Å². The molecule has 2 aromatic carbocycles. The molecular weight excluding hydrogens is 262 g/mol. The fraction of sp³-hybridized carbons (Fsp3) is 0.118. The maximum atomic E-state index is 12.6. The standard InChI is InChI=1S/C17H17N3O/c1-2-10-19-16-9-8-14(18)11-15(16)17(21)20(19)12-13-6-4-3-5-7-13/h2-9,11H,1,10,12,18H2. The summed E-state index contributed by atoms with van der Waals surface area (Å²) in [4.78, 5) is 12.6. The van der Waals surface area contributed by atoms with Gasteiger partial charge in [-0.3, -0.25) is 9.48 Å². The van der Waals surface area contributed by atoms with Gasteiger partial charge in [0.1, 0.15) is 0 Å². The summed E-state index contributed by atoms with van der Waals surface area (Å²) in [5.41, 5.74) is 8.34. The molecule has 4 nitrogen and oxygen atoms in total. The monoisotopic (exact) mass is 279 g/mol. The summed E-state index contributed by atoms with van der Waals surface area (Å²) in [6, 6.07) is 15.4. The lowest BCUT2D eigenvalue weighted by Gasteiger charge is -2.11. The Bertz CT molecular complexity index is 844. The lowest BCUT2D eigenvalue weighted by atomic mass is 10.2. The summed E-state index contributed by atoms with van der Waals surface area (Å²) in [6.07, 6.45) is 1.79. The molecule has 0 fully saturated rings. The molecule has 21 heavy (non-hydrogen) atoms. The van der Waals surface area contributed by atoms with E-state index in [2.05, 4.69) is 6.58 Å². The van der Waals surface area contributed by atoms with Gasteiger partial charge in [0.25, 0.3) is 5.56 Å². The average Bonchev–Trinajstić information content (AvgIpc) is 2.74. The van der Waals surface area contributed by atoms with E-state index >= 15 is 0 Å². The fourth-order valence-corrected chi connectivity index (χ4v) is 2.56. The van der Waals surface area contributed by atoms with Crippen LogP contribution in [0.25, 0.3) is 10.9 Å². The zero-order chi connectivity index (χ0) is 14.8. The van der Waals surface area contributed by atoms with E-state index in [9.17, 15) is 4.79 Å². The van der Waals surface area contributed by atoms with Gasteiger partial charge >= 0.3 is 0 Å². The highest BCUT2D eigenvalue weighted by Crippen LogP contribution is 2.16. The minimum absolute atomic E-state index is 0.0250. The van der Waals surface area contributed by atoms with Crippen molar-refractivity contribution >= 4 is 16.6 Å². The van der Waals surface area contributed by atoms with Crippen LogP contribution in [0.2, 0.25) is 0 Å². The van der Waals surface area contributed by atoms with Gasteiger partial charge in [0, 0.05) is 5.69 Å². The highest BCUT2D eigenvalue weighted by molar-refractivity contribution is 5.82. The minimum atomic E-state index is -0.0250. The maximum Gasteiger partial charge on any atom is 0.274 e. The SMILES string of the molecule is C=CCn1c2ccc(N)cc2c(=O)n1Cc1ccccc1. The van der Waals surface area contributed by atoms with Gasteiger partial charge in [0.2, 0.25) is 0 Å². The number of nitrogen functional groups attached to an aromatic ring is 1. The Morgan fingerprint density at radius 2 is 1.86 bits per heavy atom. The number of fused-ring (bicyclic) bond motifs is 1. The van der Waals surface area contributed by atoms with Crippen molar-refractivity contribution in [3.05, 3.63) is 77.1 Å². The number of allylic oxidation sites excluding steroid dienone is 1. The van der Waals surface area contributed by atoms with Crippen molar-refractivity contribution in [3.63, 3.8) is 0 Å². The van der Waals surface area contributed by atoms with Gasteiger partial charge in [0.15, 0.2) is 0 Å². The van der Waals surface area contributed by atoms with E-state index < -0.39 is 0 Å². The third-order valence-electron chi connectivity index (χ3n) is 3.53. The second-order valence-electron chi connectivity index (χ2n) is 5.00. The largest absolute Gasteiger partial charge is 0.399 e. The van der Waals surface area contributed by atoms with Crippen LogP contribution >= 0.6 is 0 Å². The Labute approximate surface area is 122 Å². The molecule has 106 valence electrons. The summed E-state index contributed by atoms with van der Waals surface area (Å²) in [6.45, 7) is 4.89. The molecule has 3 aromatic rings. The Hall–Kier alpha value is -2.75. The Morgan fingerprint density at radius 3 is 2.57 bits per heavy atom. The highest BCUT2D eigenvalue weighted by atomic mass is 16.1. The van der Waals surface area contributed by atoms with Gasteiger partial charge in [-0.1, -0.05) is 36.4 Å². The predicted molar refractivity (Wildman–Crippen MR) is 86.4 cm³/mol. The van der Waals surface area contributed by atoms with E-state index in [1.807, 2.05) is 47.1 Å². The number of nitrogens with zero attached hydrogens (tertiary/aromatic N) is 2. The summed E-state index contributed by atoms with van der Waals surface area (Å²) in [7, 11) is 0. The van der Waals surface area contributed by atoms with Crippen LogP contribution in [0.4, 0.5) is 5.69 Å². The van der Waals surface area contributed by atoms with Crippen molar-refractivity contribution in [2.45, 2.75) is 13.1 Å². The number of nitrogens with two attached hydrogens (primary N) is 1. The normalized spacial score (nSPS) is 10.9. The zero-order valence-corrected chi connectivity index (χ0v) is 11.7. The van der Waals surface area contributed by atoms with Crippen LogP contribution in [0.3, 0.4) is 0 Å². The summed E-state index contributed by atoms with van der Waals surface area (Å²) >= 11 is 0. The predicted octanol–water partition coefficient (Wildman–Crippen LogP) is 2.62. The van der Waals surface area contributed by atoms with Gasteiger partial charge in [-0.2, -0.15) is 0 Å². The molecule has 0 bridgehead atoms. The quantitative estimate of drug-likeness (QED) is 0.589. The molecule has 0 radical (unpaired) electrons. The molecule has 0 saturated heterocycles. The van der Waals surface area contributed by atoms with Gasteiger partial charge in [-0.15, -0.1) is 6.58 Å². The maximum absolute atomic E-state index is 12.6. The second-order valence-corrected chi connectivity index (χ2v) is 5.00. The van der Waals surface area contributed by atoms with Gasteiger partial charge in [-0.25, -0.2) is 4.68 Å². The number of hydrogen-bond donors (Lipinski definition) is 1. The van der Waals surface area contributed by atoms with Crippen LogP contribution in [0, 0.1) is 0 Å². The lowest BCUT2D eigenvalue weighted by molar-refractivity contribution is 0.522. The average molecular weight is 279 g/mol.